The zero-order chi connectivity index (χ0) is 21.0. The van der Waals surface area contributed by atoms with Crippen molar-refractivity contribution in [3.63, 3.8) is 0 Å². The van der Waals surface area contributed by atoms with Crippen molar-refractivity contribution in [2.24, 2.45) is 5.84 Å². The second-order valence-electron chi connectivity index (χ2n) is 6.60. The molecule has 0 radical (unpaired) electrons. The van der Waals surface area contributed by atoms with Crippen molar-refractivity contribution in [3.8, 4) is 11.4 Å². The SMILES string of the molecule is COC(=O)c1cc(C(=O)N(C=O)C2CCN(N)CC2)n(-c2ccc(OC)cc2)n1. The summed E-state index contributed by atoms with van der Waals surface area (Å²) in [6, 6.07) is 7.85. The number of hydrogen-bond acceptors (Lipinski definition) is 8. The lowest BCUT2D eigenvalue weighted by Crippen LogP contribution is -2.49. The fourth-order valence-electron chi connectivity index (χ4n) is 3.25. The maximum Gasteiger partial charge on any atom is 0.358 e. The zero-order valence-electron chi connectivity index (χ0n) is 16.3. The second kappa shape index (κ2) is 8.84. The van der Waals surface area contributed by atoms with Crippen molar-refractivity contribution in [1.29, 1.82) is 0 Å². The summed E-state index contributed by atoms with van der Waals surface area (Å²) in [5, 5.41) is 5.87. The monoisotopic (exact) mass is 401 g/mol. The zero-order valence-corrected chi connectivity index (χ0v) is 16.3. The molecule has 154 valence electrons. The number of hydrazine groups is 1. The van der Waals surface area contributed by atoms with Crippen molar-refractivity contribution < 1.29 is 23.9 Å². The number of nitrogens with zero attached hydrogens (tertiary/aromatic N) is 4. The number of piperidine rings is 1. The van der Waals surface area contributed by atoms with Gasteiger partial charge in [-0.05, 0) is 37.1 Å². The number of rotatable bonds is 6. The van der Waals surface area contributed by atoms with E-state index in [4.69, 9.17) is 15.3 Å². The molecule has 10 nitrogen and oxygen atoms in total. The maximum absolute atomic E-state index is 13.2. The first kappa shape index (κ1) is 20.5. The predicted octanol–water partition coefficient (Wildman–Crippen LogP) is 0.604. The molecule has 1 aromatic carbocycles. The molecule has 0 spiro atoms. The highest BCUT2D eigenvalue weighted by Gasteiger charge is 2.31. The lowest BCUT2D eigenvalue weighted by atomic mass is 10.0. The Hall–Kier alpha value is -3.24. The van der Waals surface area contributed by atoms with E-state index in [0.717, 1.165) is 4.90 Å². The highest BCUT2D eigenvalue weighted by molar-refractivity contribution is 6.01. The van der Waals surface area contributed by atoms with E-state index in [1.807, 2.05) is 0 Å². The number of aromatic nitrogens is 2. The number of carbonyl (C=O) groups excluding carboxylic acids is 3. The number of carbonyl (C=O) groups is 3. The molecule has 1 saturated heterocycles. The Morgan fingerprint density at radius 3 is 2.41 bits per heavy atom. The fourth-order valence-corrected chi connectivity index (χ4v) is 3.25. The van der Waals surface area contributed by atoms with Crippen LogP contribution in [-0.2, 0) is 9.53 Å². The van der Waals surface area contributed by atoms with Gasteiger partial charge < -0.3 is 9.47 Å². The first-order chi connectivity index (χ1) is 14.0. The van der Waals surface area contributed by atoms with Gasteiger partial charge >= 0.3 is 5.97 Å². The summed E-state index contributed by atoms with van der Waals surface area (Å²) in [4.78, 5) is 38.1. The van der Waals surface area contributed by atoms with Crippen LogP contribution in [0.25, 0.3) is 5.69 Å². The number of hydrogen-bond donors (Lipinski definition) is 1. The van der Waals surface area contributed by atoms with E-state index in [-0.39, 0.29) is 17.4 Å². The summed E-state index contributed by atoms with van der Waals surface area (Å²) < 4.78 is 11.2. The second-order valence-corrected chi connectivity index (χ2v) is 6.60. The Kier molecular flexibility index (Phi) is 6.25. The van der Waals surface area contributed by atoms with Crippen LogP contribution in [0.5, 0.6) is 5.75 Å². The average Bonchev–Trinajstić information content (AvgIpc) is 3.20. The molecule has 2 heterocycles. The third-order valence-electron chi connectivity index (χ3n) is 4.88. The molecule has 0 aliphatic carbocycles. The minimum atomic E-state index is -0.680. The van der Waals surface area contributed by atoms with E-state index in [0.29, 0.717) is 43.8 Å². The van der Waals surface area contributed by atoms with Crippen LogP contribution in [-0.4, -0.2) is 71.3 Å². The van der Waals surface area contributed by atoms with Crippen LogP contribution < -0.4 is 10.6 Å². The number of amides is 2. The van der Waals surface area contributed by atoms with Gasteiger partial charge in [0.05, 0.1) is 19.9 Å². The lowest BCUT2D eigenvalue weighted by Gasteiger charge is -2.33. The Morgan fingerprint density at radius 1 is 1.21 bits per heavy atom. The van der Waals surface area contributed by atoms with Crippen LogP contribution in [0.3, 0.4) is 0 Å². The first-order valence-electron chi connectivity index (χ1n) is 9.09. The van der Waals surface area contributed by atoms with Gasteiger partial charge in [0, 0.05) is 25.2 Å². The van der Waals surface area contributed by atoms with E-state index in [1.165, 1.54) is 17.9 Å². The maximum atomic E-state index is 13.2. The first-order valence-corrected chi connectivity index (χ1v) is 9.09. The van der Waals surface area contributed by atoms with Crippen molar-refractivity contribution in [2.75, 3.05) is 27.3 Å². The highest BCUT2D eigenvalue weighted by Crippen LogP contribution is 2.21. The van der Waals surface area contributed by atoms with Crippen molar-refractivity contribution in [3.05, 3.63) is 41.7 Å². The predicted molar refractivity (Wildman–Crippen MR) is 102 cm³/mol. The third-order valence-corrected chi connectivity index (χ3v) is 4.88. The topological polar surface area (TPSA) is 120 Å². The highest BCUT2D eigenvalue weighted by atomic mass is 16.5. The minimum Gasteiger partial charge on any atom is -0.497 e. The van der Waals surface area contributed by atoms with Crippen LogP contribution in [0.1, 0.15) is 33.8 Å². The largest absolute Gasteiger partial charge is 0.497 e. The van der Waals surface area contributed by atoms with Gasteiger partial charge in [0.2, 0.25) is 6.41 Å². The number of ether oxygens (including phenoxy) is 2. The molecule has 29 heavy (non-hydrogen) atoms. The molecular weight excluding hydrogens is 378 g/mol. The minimum absolute atomic E-state index is 0.0331. The van der Waals surface area contributed by atoms with Gasteiger partial charge in [-0.3, -0.25) is 20.3 Å². The van der Waals surface area contributed by atoms with Gasteiger partial charge in [-0.1, -0.05) is 0 Å². The molecule has 0 atom stereocenters. The number of esters is 1. The summed E-state index contributed by atoms with van der Waals surface area (Å²) in [5.74, 6) is 5.17. The Labute approximate surface area is 167 Å². The standard InChI is InChI=1S/C19H23N5O5/c1-28-15-5-3-14(4-6-15)24-17(11-16(21-24)19(27)29-2)18(26)23(12-25)13-7-9-22(20)10-8-13/h3-6,11-13H,7-10,20H2,1-2H3. The molecule has 2 amide bonds. The summed E-state index contributed by atoms with van der Waals surface area (Å²) in [7, 11) is 2.77. The normalized spacial score (nSPS) is 15.0. The van der Waals surface area contributed by atoms with Crippen LogP contribution >= 0.6 is 0 Å². The number of imide groups is 1. The summed E-state index contributed by atoms with van der Waals surface area (Å²) >= 11 is 0. The van der Waals surface area contributed by atoms with Crippen molar-refractivity contribution in [1.82, 2.24) is 19.7 Å². The lowest BCUT2D eigenvalue weighted by molar-refractivity contribution is -0.118. The Bertz CT molecular complexity index is 887. The van der Waals surface area contributed by atoms with Gasteiger partial charge in [-0.2, -0.15) is 5.10 Å². The molecule has 1 aliphatic heterocycles. The van der Waals surface area contributed by atoms with Gasteiger partial charge in [-0.25, -0.2) is 14.5 Å². The average molecular weight is 401 g/mol. The Balaban J connectivity index is 1.99. The van der Waals surface area contributed by atoms with Crippen LogP contribution in [0.2, 0.25) is 0 Å². The molecule has 2 aromatic rings. The number of methoxy groups -OCH3 is 2. The number of benzene rings is 1. The molecule has 1 aliphatic rings. The van der Waals surface area contributed by atoms with E-state index in [2.05, 4.69) is 5.10 Å². The van der Waals surface area contributed by atoms with Crippen LogP contribution in [0.4, 0.5) is 0 Å². The van der Waals surface area contributed by atoms with Gasteiger partial charge in [-0.15, -0.1) is 0 Å². The van der Waals surface area contributed by atoms with Crippen LogP contribution in [0, 0.1) is 0 Å². The molecule has 0 bridgehead atoms. The van der Waals surface area contributed by atoms with Gasteiger partial charge in [0.1, 0.15) is 11.4 Å². The summed E-state index contributed by atoms with van der Waals surface area (Å²) in [5.41, 5.74) is 0.582. The molecule has 1 aromatic heterocycles. The Morgan fingerprint density at radius 2 is 1.86 bits per heavy atom. The number of nitrogens with two attached hydrogens (primary N) is 1. The van der Waals surface area contributed by atoms with Gasteiger partial charge in [0.25, 0.3) is 5.91 Å². The van der Waals surface area contributed by atoms with E-state index < -0.39 is 11.9 Å². The van der Waals surface area contributed by atoms with Crippen molar-refractivity contribution in [2.45, 2.75) is 18.9 Å². The molecule has 2 N–H and O–H groups in total. The summed E-state index contributed by atoms with van der Waals surface area (Å²) in [6.45, 7) is 1.15. The van der Waals surface area contributed by atoms with Crippen molar-refractivity contribution >= 4 is 18.3 Å². The quantitative estimate of drug-likeness (QED) is 0.425. The molecule has 0 saturated carbocycles. The summed E-state index contributed by atoms with van der Waals surface area (Å²) in [6.07, 6.45) is 1.66. The molecule has 3 rings (SSSR count). The van der Waals surface area contributed by atoms with Crippen LogP contribution in [0.15, 0.2) is 30.3 Å². The molecule has 1 fully saturated rings. The van der Waals surface area contributed by atoms with E-state index >= 15 is 0 Å². The fraction of sp³-hybridized carbons (Fsp3) is 0.368. The van der Waals surface area contributed by atoms with E-state index in [1.54, 1.807) is 36.4 Å². The molecule has 0 unspecified atom stereocenters. The third kappa shape index (κ3) is 4.28. The van der Waals surface area contributed by atoms with E-state index in [9.17, 15) is 14.4 Å². The van der Waals surface area contributed by atoms with Gasteiger partial charge in [0.15, 0.2) is 5.69 Å². The molecular formula is C19H23N5O5. The molecule has 10 heteroatoms. The smallest absolute Gasteiger partial charge is 0.358 e.